The fourth-order valence-corrected chi connectivity index (χ4v) is 2.79. The zero-order valence-electron chi connectivity index (χ0n) is 11.7. The number of benzene rings is 1. The zero-order valence-corrected chi connectivity index (χ0v) is 13.3. The fourth-order valence-electron chi connectivity index (χ4n) is 1.71. The summed E-state index contributed by atoms with van der Waals surface area (Å²) in [7, 11) is 1.86. The van der Waals surface area contributed by atoms with E-state index in [-0.39, 0.29) is 12.6 Å². The van der Waals surface area contributed by atoms with Gasteiger partial charge in [-0.15, -0.1) is 0 Å². The van der Waals surface area contributed by atoms with Crippen molar-refractivity contribution in [3.63, 3.8) is 0 Å². The molecule has 108 valence electrons. The monoisotopic (exact) mass is 311 g/mol. The standard InChI is InChI=1S/C14H18ClN3OS/c1-9(2)12(8-19)16-14-18(3)17-13(20-14)10-4-6-11(15)7-5-10/h4-7,9,12,19H,8H2,1-3H3/t12-/m1/s1. The Hall–Kier alpha value is -1.17. The Morgan fingerprint density at radius 3 is 2.55 bits per heavy atom. The predicted octanol–water partition coefficient (Wildman–Crippen LogP) is 2.72. The van der Waals surface area contributed by atoms with Gasteiger partial charge < -0.3 is 5.11 Å². The van der Waals surface area contributed by atoms with Gasteiger partial charge in [0.2, 0.25) is 4.80 Å². The molecule has 0 aliphatic heterocycles. The molecule has 1 N–H and O–H groups in total. The number of aromatic nitrogens is 2. The number of aliphatic hydroxyl groups is 1. The summed E-state index contributed by atoms with van der Waals surface area (Å²) in [5.74, 6) is 0.293. The number of hydrogen-bond acceptors (Lipinski definition) is 4. The topological polar surface area (TPSA) is 50.4 Å². The lowest BCUT2D eigenvalue weighted by atomic mass is 10.1. The average Bonchev–Trinajstić information content (AvgIpc) is 2.77. The molecule has 2 aromatic rings. The summed E-state index contributed by atoms with van der Waals surface area (Å²) < 4.78 is 1.75. The van der Waals surface area contributed by atoms with Gasteiger partial charge in [0.1, 0.15) is 5.01 Å². The SMILES string of the molecule is CC(C)[C@@H](CO)N=c1sc(-c2ccc(Cl)cc2)nn1C. The van der Waals surface area contributed by atoms with E-state index in [1.165, 1.54) is 11.3 Å². The summed E-state index contributed by atoms with van der Waals surface area (Å²) in [5, 5.41) is 15.4. The van der Waals surface area contributed by atoms with Gasteiger partial charge in [-0.05, 0) is 18.1 Å². The maximum absolute atomic E-state index is 9.37. The Labute approximate surface area is 127 Å². The van der Waals surface area contributed by atoms with E-state index in [0.717, 1.165) is 15.4 Å². The fraction of sp³-hybridized carbons (Fsp3) is 0.429. The van der Waals surface area contributed by atoms with Crippen LogP contribution in [0.1, 0.15) is 13.8 Å². The first kappa shape index (κ1) is 15.2. The molecule has 0 saturated carbocycles. The number of hydrogen-bond donors (Lipinski definition) is 1. The highest BCUT2D eigenvalue weighted by Crippen LogP contribution is 2.21. The van der Waals surface area contributed by atoms with E-state index < -0.39 is 0 Å². The third kappa shape index (κ3) is 3.48. The van der Waals surface area contributed by atoms with Crippen LogP contribution in [0.15, 0.2) is 29.3 Å². The number of aliphatic hydroxyl groups excluding tert-OH is 1. The maximum Gasteiger partial charge on any atom is 0.203 e. The molecule has 0 amide bonds. The van der Waals surface area contributed by atoms with Crippen LogP contribution >= 0.6 is 22.9 Å². The van der Waals surface area contributed by atoms with Gasteiger partial charge in [-0.1, -0.05) is 48.9 Å². The Morgan fingerprint density at radius 2 is 2.00 bits per heavy atom. The maximum atomic E-state index is 9.37. The second-order valence-electron chi connectivity index (χ2n) is 4.94. The van der Waals surface area contributed by atoms with E-state index in [9.17, 15) is 5.11 Å². The van der Waals surface area contributed by atoms with Crippen LogP contribution < -0.4 is 4.80 Å². The van der Waals surface area contributed by atoms with Gasteiger partial charge in [-0.25, -0.2) is 4.68 Å². The molecule has 1 heterocycles. The smallest absolute Gasteiger partial charge is 0.203 e. The van der Waals surface area contributed by atoms with Gasteiger partial charge >= 0.3 is 0 Å². The molecule has 1 aromatic heterocycles. The minimum absolute atomic E-state index is 0.0475. The molecule has 0 spiro atoms. The van der Waals surface area contributed by atoms with Crippen molar-refractivity contribution in [1.82, 2.24) is 9.78 Å². The summed E-state index contributed by atoms with van der Waals surface area (Å²) in [4.78, 5) is 5.39. The van der Waals surface area contributed by atoms with Gasteiger partial charge in [-0.3, -0.25) is 4.99 Å². The van der Waals surface area contributed by atoms with Crippen LogP contribution in [-0.2, 0) is 7.05 Å². The molecule has 20 heavy (non-hydrogen) atoms. The van der Waals surface area contributed by atoms with E-state index in [1.807, 2.05) is 45.2 Å². The zero-order chi connectivity index (χ0) is 14.7. The van der Waals surface area contributed by atoms with Crippen molar-refractivity contribution in [2.75, 3.05) is 6.61 Å². The summed E-state index contributed by atoms with van der Waals surface area (Å²) >= 11 is 7.40. The molecular formula is C14H18ClN3OS. The molecule has 0 aliphatic carbocycles. The normalized spacial score (nSPS) is 14.0. The lowest BCUT2D eigenvalue weighted by molar-refractivity contribution is 0.237. The number of nitrogens with zero attached hydrogens (tertiary/aromatic N) is 3. The van der Waals surface area contributed by atoms with Gasteiger partial charge in [0.05, 0.1) is 12.6 Å². The Kier molecular flexibility index (Phi) is 4.96. The summed E-state index contributed by atoms with van der Waals surface area (Å²) in [6, 6.07) is 7.48. The van der Waals surface area contributed by atoms with Crippen molar-refractivity contribution in [2.24, 2.45) is 18.0 Å². The molecule has 0 fully saturated rings. The Morgan fingerprint density at radius 1 is 1.35 bits per heavy atom. The molecule has 6 heteroatoms. The first-order chi connectivity index (χ1) is 9.51. The Bertz CT molecular complexity index is 631. The van der Waals surface area contributed by atoms with Crippen LogP contribution in [0.5, 0.6) is 0 Å². The van der Waals surface area contributed by atoms with E-state index >= 15 is 0 Å². The van der Waals surface area contributed by atoms with Crippen molar-refractivity contribution in [3.8, 4) is 10.6 Å². The highest BCUT2D eigenvalue weighted by Gasteiger charge is 2.12. The first-order valence-electron chi connectivity index (χ1n) is 6.46. The largest absolute Gasteiger partial charge is 0.394 e. The van der Waals surface area contributed by atoms with Crippen molar-refractivity contribution >= 4 is 22.9 Å². The molecule has 0 aliphatic rings. The predicted molar refractivity (Wildman–Crippen MR) is 82.8 cm³/mol. The second kappa shape index (κ2) is 6.52. The number of rotatable bonds is 4. The third-order valence-corrected chi connectivity index (χ3v) is 4.34. The van der Waals surface area contributed by atoms with E-state index in [1.54, 1.807) is 4.68 Å². The molecule has 2 rings (SSSR count). The second-order valence-corrected chi connectivity index (χ2v) is 6.34. The van der Waals surface area contributed by atoms with Crippen molar-refractivity contribution < 1.29 is 5.11 Å². The van der Waals surface area contributed by atoms with Gasteiger partial charge in [0.25, 0.3) is 0 Å². The minimum atomic E-state index is -0.0975. The quantitative estimate of drug-likeness (QED) is 0.944. The average molecular weight is 312 g/mol. The van der Waals surface area contributed by atoms with Gasteiger partial charge in [0.15, 0.2) is 0 Å². The summed E-state index contributed by atoms with van der Waals surface area (Å²) in [5.41, 5.74) is 1.02. The molecule has 0 unspecified atom stereocenters. The number of aryl methyl sites for hydroxylation is 1. The third-order valence-electron chi connectivity index (χ3n) is 3.03. The van der Waals surface area contributed by atoms with E-state index in [4.69, 9.17) is 11.6 Å². The molecule has 0 bridgehead atoms. The lowest BCUT2D eigenvalue weighted by Crippen LogP contribution is -2.23. The molecule has 0 radical (unpaired) electrons. The highest BCUT2D eigenvalue weighted by molar-refractivity contribution is 7.12. The van der Waals surface area contributed by atoms with Crippen LogP contribution in [-0.4, -0.2) is 27.5 Å². The number of halogens is 1. The van der Waals surface area contributed by atoms with E-state index in [2.05, 4.69) is 10.1 Å². The molecule has 0 saturated heterocycles. The van der Waals surface area contributed by atoms with Crippen molar-refractivity contribution in [2.45, 2.75) is 19.9 Å². The summed E-state index contributed by atoms with van der Waals surface area (Å²) in [6.45, 7) is 4.14. The van der Waals surface area contributed by atoms with Crippen LogP contribution in [0.3, 0.4) is 0 Å². The summed E-state index contributed by atoms with van der Waals surface area (Å²) in [6.07, 6.45) is 0. The van der Waals surface area contributed by atoms with Crippen LogP contribution in [0.25, 0.3) is 10.6 Å². The minimum Gasteiger partial charge on any atom is -0.394 e. The highest BCUT2D eigenvalue weighted by atomic mass is 35.5. The molecule has 1 atom stereocenters. The van der Waals surface area contributed by atoms with Crippen LogP contribution in [0, 0.1) is 5.92 Å². The Balaban J connectivity index is 2.39. The first-order valence-corrected chi connectivity index (χ1v) is 7.65. The van der Waals surface area contributed by atoms with Crippen molar-refractivity contribution in [3.05, 3.63) is 34.1 Å². The lowest BCUT2D eigenvalue weighted by Gasteiger charge is -2.11. The molecule has 4 nitrogen and oxygen atoms in total. The van der Waals surface area contributed by atoms with Crippen molar-refractivity contribution in [1.29, 1.82) is 0 Å². The van der Waals surface area contributed by atoms with Crippen LogP contribution in [0.4, 0.5) is 0 Å². The molecular weight excluding hydrogens is 294 g/mol. The van der Waals surface area contributed by atoms with Gasteiger partial charge in [-0.2, -0.15) is 5.10 Å². The van der Waals surface area contributed by atoms with Crippen LogP contribution in [0.2, 0.25) is 5.02 Å². The molecule has 1 aromatic carbocycles. The van der Waals surface area contributed by atoms with E-state index in [0.29, 0.717) is 10.9 Å². The van der Waals surface area contributed by atoms with Gasteiger partial charge in [0, 0.05) is 17.6 Å².